The molecular weight excluding hydrogens is 229 g/mol. The maximum atomic E-state index is 6.36. The number of hydrogen-bond donors (Lipinski definition) is 0. The topological polar surface area (TPSA) is 0 Å². The molecule has 0 aliphatic heterocycles. The number of rotatable bonds is 5. The molecule has 0 aliphatic rings. The predicted octanol–water partition coefficient (Wildman–Crippen LogP) is 3.93. The van der Waals surface area contributed by atoms with Crippen molar-refractivity contribution in [2.75, 3.05) is 7.05 Å². The van der Waals surface area contributed by atoms with Gasteiger partial charge < -0.3 is 0 Å². The molecule has 2 unspecified atom stereocenters. The van der Waals surface area contributed by atoms with Crippen molar-refractivity contribution >= 4 is 23.4 Å². The van der Waals surface area contributed by atoms with Crippen molar-refractivity contribution in [2.24, 2.45) is 0 Å². The number of halogens is 2. The van der Waals surface area contributed by atoms with Gasteiger partial charge in [0, 0.05) is 12.0 Å². The largest absolute Gasteiger partial charge is 0.205 e. The van der Waals surface area contributed by atoms with Crippen LogP contribution in [0.3, 0.4) is 0 Å². The van der Waals surface area contributed by atoms with Crippen molar-refractivity contribution in [1.29, 1.82) is 0 Å². The molecule has 0 aliphatic carbocycles. The Morgan fingerprint density at radius 1 is 1.40 bits per heavy atom. The molecule has 1 aromatic rings. The summed E-state index contributed by atoms with van der Waals surface area (Å²) in [4.78, 5) is 0. The molecule has 3 heteroatoms. The predicted molar refractivity (Wildman–Crippen MR) is 66.6 cm³/mol. The summed E-state index contributed by atoms with van der Waals surface area (Å²) in [6.45, 7) is 4.38. The van der Waals surface area contributed by atoms with Gasteiger partial charge in [-0.2, -0.15) is 0 Å². The van der Waals surface area contributed by atoms with Crippen LogP contribution < -0.4 is 0 Å². The van der Waals surface area contributed by atoms with Gasteiger partial charge in [-0.3, -0.25) is 0 Å². The van der Waals surface area contributed by atoms with E-state index in [1.165, 1.54) is 5.56 Å². The number of nitrogens with zero attached hydrogens (tertiary/aromatic N) is 1. The zero-order valence-corrected chi connectivity index (χ0v) is 10.4. The molecule has 0 fully saturated rings. The maximum absolute atomic E-state index is 6.36. The van der Waals surface area contributed by atoms with E-state index in [9.17, 15) is 0 Å². The smallest absolute Gasteiger partial charge is 0.184 e. The van der Waals surface area contributed by atoms with Crippen LogP contribution in [-0.4, -0.2) is 16.6 Å². The van der Waals surface area contributed by atoms with Gasteiger partial charge >= 0.3 is 0 Å². The molecule has 0 bridgehead atoms. The van der Waals surface area contributed by atoms with Crippen LogP contribution in [0, 0.1) is 0 Å². The molecule has 0 amide bonds. The highest BCUT2D eigenvalue weighted by atomic mass is 35.5. The summed E-state index contributed by atoms with van der Waals surface area (Å²) < 4.78 is 0.248. The third-order valence-electron chi connectivity index (χ3n) is 2.28. The van der Waals surface area contributed by atoms with Gasteiger partial charge in [0.05, 0.1) is 7.05 Å². The van der Waals surface area contributed by atoms with Crippen molar-refractivity contribution in [3.05, 3.63) is 48.6 Å². The van der Waals surface area contributed by atoms with Crippen LogP contribution in [0.25, 0.3) is 0 Å². The van der Waals surface area contributed by atoms with E-state index in [2.05, 4.69) is 18.7 Å². The van der Waals surface area contributed by atoms with Gasteiger partial charge in [0.15, 0.2) is 17.3 Å². The Morgan fingerprint density at radius 2 is 2.00 bits per heavy atom. The van der Waals surface area contributed by atoms with E-state index in [1.54, 1.807) is 6.08 Å². The van der Waals surface area contributed by atoms with Gasteiger partial charge in [0.2, 0.25) is 0 Å². The summed E-state index contributed by atoms with van der Waals surface area (Å²) in [7, 11) is 1.91. The average Bonchev–Trinajstić information content (AvgIpc) is 2.19. The minimum absolute atomic E-state index is 0.149. The summed E-state index contributed by atoms with van der Waals surface area (Å²) in [5.74, 6) is 0. The Labute approximate surface area is 102 Å². The summed E-state index contributed by atoms with van der Waals surface area (Å²) in [5.41, 5.74) is 1.04. The molecule has 0 spiro atoms. The molecule has 0 saturated heterocycles. The highest BCUT2D eigenvalue weighted by molar-refractivity contribution is 6.21. The highest BCUT2D eigenvalue weighted by Crippen LogP contribution is 2.25. The fourth-order valence-corrected chi connectivity index (χ4v) is 1.81. The Kier molecular flexibility index (Phi) is 4.65. The van der Waals surface area contributed by atoms with E-state index in [-0.39, 0.29) is 9.50 Å². The van der Waals surface area contributed by atoms with Crippen LogP contribution >= 0.6 is 23.4 Å². The van der Waals surface area contributed by atoms with Crippen molar-refractivity contribution < 1.29 is 4.00 Å². The molecule has 0 heterocycles. The third kappa shape index (κ3) is 3.86. The molecular formula is C12H16Cl2N+. The second-order valence-electron chi connectivity index (χ2n) is 3.75. The quantitative estimate of drug-likeness (QED) is 0.319. The van der Waals surface area contributed by atoms with Crippen LogP contribution in [-0.2, 0) is 6.54 Å². The number of quaternary nitrogens is 1. The first-order chi connectivity index (χ1) is 7.06. The van der Waals surface area contributed by atoms with Gasteiger partial charge in [-0.05, 0) is 0 Å². The lowest BCUT2D eigenvalue weighted by Gasteiger charge is -2.28. The van der Waals surface area contributed by atoms with Crippen molar-refractivity contribution in [1.82, 2.24) is 0 Å². The van der Waals surface area contributed by atoms with E-state index < -0.39 is 0 Å². The highest BCUT2D eigenvalue weighted by Gasteiger charge is 2.29. The molecule has 2 atom stereocenters. The molecule has 15 heavy (non-hydrogen) atoms. The molecule has 0 saturated carbocycles. The Bertz CT molecular complexity index is 309. The van der Waals surface area contributed by atoms with E-state index >= 15 is 0 Å². The zero-order chi connectivity index (χ0) is 11.3. The van der Waals surface area contributed by atoms with E-state index in [0.29, 0.717) is 13.0 Å². The lowest BCUT2D eigenvalue weighted by Crippen LogP contribution is -2.39. The second-order valence-corrected chi connectivity index (χ2v) is 5.02. The van der Waals surface area contributed by atoms with E-state index in [0.717, 1.165) is 0 Å². The minimum Gasteiger partial charge on any atom is -0.205 e. The summed E-state index contributed by atoms with van der Waals surface area (Å²) >= 11 is 12.5. The average molecular weight is 245 g/mol. The third-order valence-corrected chi connectivity index (χ3v) is 3.34. The van der Waals surface area contributed by atoms with Crippen LogP contribution in [0.15, 0.2) is 43.0 Å². The normalized spacial score (nSPS) is 16.7. The van der Waals surface area contributed by atoms with Gasteiger partial charge in [0.1, 0.15) is 6.54 Å². The maximum Gasteiger partial charge on any atom is 0.184 e. The molecule has 1 rings (SSSR count). The lowest BCUT2D eigenvalue weighted by molar-refractivity contribution is -0.820. The molecule has 0 radical (unpaired) electrons. The first-order valence-electron chi connectivity index (χ1n) is 4.90. The van der Waals surface area contributed by atoms with Crippen LogP contribution in [0.1, 0.15) is 12.0 Å². The van der Waals surface area contributed by atoms with Gasteiger partial charge in [-0.25, -0.2) is 4.00 Å². The van der Waals surface area contributed by atoms with Gasteiger partial charge in [0.25, 0.3) is 0 Å². The number of benzene rings is 1. The molecule has 0 N–H and O–H groups in total. The standard InChI is InChI=1S/C12H16Cl2N/c1-3-7-12(13)15(2,14)10-11-8-5-4-6-9-11/h3-6,8-9,12H,1,7,10H2,2H3/q+1. The second kappa shape index (κ2) is 5.55. The molecule has 0 aromatic heterocycles. The first-order valence-corrected chi connectivity index (χ1v) is 5.67. The Hall–Kier alpha value is -0.500. The number of hydrogen-bond acceptors (Lipinski definition) is 0. The van der Waals surface area contributed by atoms with Crippen LogP contribution in [0.5, 0.6) is 0 Å². The van der Waals surface area contributed by atoms with Crippen molar-refractivity contribution in [2.45, 2.75) is 18.5 Å². The van der Waals surface area contributed by atoms with Gasteiger partial charge in [-0.1, -0.05) is 48.0 Å². The monoisotopic (exact) mass is 244 g/mol. The van der Waals surface area contributed by atoms with Gasteiger partial charge in [-0.15, -0.1) is 6.58 Å². The van der Waals surface area contributed by atoms with E-state index in [4.69, 9.17) is 23.4 Å². The Morgan fingerprint density at radius 3 is 2.53 bits per heavy atom. The lowest BCUT2D eigenvalue weighted by atomic mass is 10.2. The SMILES string of the molecule is C=CCC(Cl)[N+](C)(Cl)Cc1ccccc1. The summed E-state index contributed by atoms with van der Waals surface area (Å²) in [5, 5.41) is 0. The molecule has 82 valence electrons. The fraction of sp³-hybridized carbons (Fsp3) is 0.333. The summed E-state index contributed by atoms with van der Waals surface area (Å²) in [6, 6.07) is 10.1. The van der Waals surface area contributed by atoms with Crippen LogP contribution in [0.2, 0.25) is 0 Å². The number of alkyl halides is 1. The Balaban J connectivity index is 2.67. The van der Waals surface area contributed by atoms with Crippen molar-refractivity contribution in [3.8, 4) is 0 Å². The summed E-state index contributed by atoms with van der Waals surface area (Å²) in [6.07, 6.45) is 2.50. The molecule has 1 aromatic carbocycles. The fourth-order valence-electron chi connectivity index (χ4n) is 1.40. The van der Waals surface area contributed by atoms with Crippen LogP contribution in [0.4, 0.5) is 0 Å². The zero-order valence-electron chi connectivity index (χ0n) is 8.87. The van der Waals surface area contributed by atoms with E-state index in [1.807, 2.05) is 25.2 Å². The van der Waals surface area contributed by atoms with Crippen molar-refractivity contribution in [3.63, 3.8) is 0 Å². The first kappa shape index (κ1) is 12.6. The minimum atomic E-state index is -0.149. The molecule has 1 nitrogen and oxygen atoms in total.